The summed E-state index contributed by atoms with van der Waals surface area (Å²) >= 11 is 1.48. The molecule has 0 radical (unpaired) electrons. The van der Waals surface area contributed by atoms with E-state index in [0.29, 0.717) is 11.5 Å². The molecular weight excluding hydrogens is 208 g/mol. The summed E-state index contributed by atoms with van der Waals surface area (Å²) in [6.45, 7) is 2.00. The van der Waals surface area contributed by atoms with Crippen molar-refractivity contribution >= 4 is 22.9 Å². The summed E-state index contributed by atoms with van der Waals surface area (Å²) in [5, 5.41) is 3.21. The molecule has 0 unspecified atom stereocenters. The summed E-state index contributed by atoms with van der Waals surface area (Å²) in [6.07, 6.45) is 0.646. The van der Waals surface area contributed by atoms with E-state index in [-0.39, 0.29) is 0 Å². The summed E-state index contributed by atoms with van der Waals surface area (Å²) < 4.78 is 0. The summed E-state index contributed by atoms with van der Waals surface area (Å²) in [5.74, 6) is 0. The van der Waals surface area contributed by atoms with Crippen molar-refractivity contribution < 1.29 is 4.79 Å². The molecule has 4 heteroatoms. The second-order valence-electron chi connectivity index (χ2n) is 3.05. The van der Waals surface area contributed by atoms with E-state index >= 15 is 0 Å². The van der Waals surface area contributed by atoms with Crippen molar-refractivity contribution in [2.24, 2.45) is 0 Å². The van der Waals surface area contributed by atoms with Gasteiger partial charge >= 0.3 is 0 Å². The SMILES string of the molecule is Cc1sc(NC=O)nc1-c1ccccc1. The molecule has 0 aliphatic carbocycles. The number of benzene rings is 1. The summed E-state index contributed by atoms with van der Waals surface area (Å²) in [5.41, 5.74) is 2.01. The fraction of sp³-hybridized carbons (Fsp3) is 0.0909. The highest BCUT2D eigenvalue weighted by Gasteiger charge is 2.08. The van der Waals surface area contributed by atoms with Crippen molar-refractivity contribution in [1.82, 2.24) is 4.98 Å². The third-order valence-electron chi connectivity index (χ3n) is 2.03. The third-order valence-corrected chi connectivity index (χ3v) is 2.93. The highest BCUT2D eigenvalue weighted by Crippen LogP contribution is 2.29. The van der Waals surface area contributed by atoms with Crippen LogP contribution in [0.3, 0.4) is 0 Å². The van der Waals surface area contributed by atoms with Crippen molar-refractivity contribution in [2.45, 2.75) is 6.92 Å². The Kier molecular flexibility index (Phi) is 2.78. The molecule has 1 amide bonds. The third kappa shape index (κ3) is 2.05. The van der Waals surface area contributed by atoms with Crippen LogP contribution in [0.15, 0.2) is 30.3 Å². The lowest BCUT2D eigenvalue weighted by atomic mass is 10.1. The van der Waals surface area contributed by atoms with Crippen LogP contribution in [0.4, 0.5) is 5.13 Å². The van der Waals surface area contributed by atoms with E-state index in [1.54, 1.807) is 0 Å². The topological polar surface area (TPSA) is 42.0 Å². The molecule has 0 bridgehead atoms. The van der Waals surface area contributed by atoms with Gasteiger partial charge in [0.15, 0.2) is 5.13 Å². The quantitative estimate of drug-likeness (QED) is 0.805. The number of thiazole rings is 1. The minimum atomic E-state index is 0.640. The molecule has 0 aliphatic rings. The van der Waals surface area contributed by atoms with Gasteiger partial charge in [0.05, 0.1) is 5.69 Å². The standard InChI is InChI=1S/C11H10N2OS/c1-8-10(9-5-3-2-4-6-9)13-11(15-8)12-7-14/h2-7H,1H3,(H,12,13,14). The van der Waals surface area contributed by atoms with Crippen LogP contribution in [0, 0.1) is 6.92 Å². The average molecular weight is 218 g/mol. The second-order valence-corrected chi connectivity index (χ2v) is 4.26. The number of rotatable bonds is 3. The van der Waals surface area contributed by atoms with Crippen molar-refractivity contribution in [2.75, 3.05) is 5.32 Å². The van der Waals surface area contributed by atoms with Crippen LogP contribution in [0.1, 0.15) is 4.88 Å². The summed E-state index contributed by atoms with van der Waals surface area (Å²) in [6, 6.07) is 9.93. The zero-order valence-electron chi connectivity index (χ0n) is 8.23. The first-order valence-electron chi connectivity index (χ1n) is 4.54. The zero-order chi connectivity index (χ0) is 10.7. The molecule has 1 aromatic heterocycles. The maximum Gasteiger partial charge on any atom is 0.213 e. The number of anilines is 1. The van der Waals surface area contributed by atoms with Crippen LogP contribution < -0.4 is 5.32 Å². The second kappa shape index (κ2) is 4.23. The summed E-state index contributed by atoms with van der Waals surface area (Å²) in [7, 11) is 0. The van der Waals surface area contributed by atoms with Gasteiger partial charge in [-0.15, -0.1) is 11.3 Å². The number of carbonyl (C=O) groups is 1. The van der Waals surface area contributed by atoms with Gasteiger partial charge in [-0.05, 0) is 6.92 Å². The number of aromatic nitrogens is 1. The highest BCUT2D eigenvalue weighted by atomic mass is 32.1. The average Bonchev–Trinajstić information content (AvgIpc) is 2.61. The first-order valence-corrected chi connectivity index (χ1v) is 5.36. The smallest absolute Gasteiger partial charge is 0.213 e. The normalized spacial score (nSPS) is 9.93. The van der Waals surface area contributed by atoms with Crippen molar-refractivity contribution in [1.29, 1.82) is 0 Å². The Morgan fingerprint density at radius 1 is 1.33 bits per heavy atom. The zero-order valence-corrected chi connectivity index (χ0v) is 9.04. The molecule has 15 heavy (non-hydrogen) atoms. The Hall–Kier alpha value is -1.68. The molecule has 76 valence electrons. The number of nitrogens with one attached hydrogen (secondary N) is 1. The van der Waals surface area contributed by atoms with Crippen LogP contribution in [0.2, 0.25) is 0 Å². The lowest BCUT2D eigenvalue weighted by Crippen LogP contribution is -1.91. The molecular formula is C11H10N2OS. The molecule has 2 rings (SSSR count). The van der Waals surface area contributed by atoms with E-state index < -0.39 is 0 Å². The van der Waals surface area contributed by atoms with Crippen LogP contribution in [-0.2, 0) is 4.79 Å². The van der Waals surface area contributed by atoms with Crippen LogP contribution in [0.25, 0.3) is 11.3 Å². The molecule has 3 nitrogen and oxygen atoms in total. The number of nitrogens with zero attached hydrogens (tertiary/aromatic N) is 1. The molecule has 0 saturated carbocycles. The number of hydrogen-bond donors (Lipinski definition) is 1. The monoisotopic (exact) mass is 218 g/mol. The fourth-order valence-electron chi connectivity index (χ4n) is 1.37. The molecule has 0 saturated heterocycles. The summed E-state index contributed by atoms with van der Waals surface area (Å²) in [4.78, 5) is 15.7. The van der Waals surface area contributed by atoms with Crippen LogP contribution in [0.5, 0.6) is 0 Å². The van der Waals surface area contributed by atoms with Crippen molar-refractivity contribution in [3.63, 3.8) is 0 Å². The maximum atomic E-state index is 10.3. The number of carbonyl (C=O) groups excluding carboxylic acids is 1. The van der Waals surface area contributed by atoms with E-state index in [2.05, 4.69) is 10.3 Å². The number of amides is 1. The van der Waals surface area contributed by atoms with E-state index in [4.69, 9.17) is 0 Å². The van der Waals surface area contributed by atoms with E-state index in [0.717, 1.165) is 16.1 Å². The van der Waals surface area contributed by atoms with Gasteiger partial charge in [0.1, 0.15) is 0 Å². The lowest BCUT2D eigenvalue weighted by molar-refractivity contribution is -0.105. The molecule has 0 aliphatic heterocycles. The molecule has 1 N–H and O–H groups in total. The molecule has 1 heterocycles. The van der Waals surface area contributed by atoms with Crippen molar-refractivity contribution in [3.8, 4) is 11.3 Å². The van der Waals surface area contributed by atoms with Gasteiger partial charge < -0.3 is 5.32 Å². The van der Waals surface area contributed by atoms with Crippen LogP contribution in [-0.4, -0.2) is 11.4 Å². The Balaban J connectivity index is 2.40. The van der Waals surface area contributed by atoms with Gasteiger partial charge in [0, 0.05) is 10.4 Å². The highest BCUT2D eigenvalue weighted by molar-refractivity contribution is 7.16. The van der Waals surface area contributed by atoms with Gasteiger partial charge in [-0.25, -0.2) is 4.98 Å². The predicted octanol–water partition coefficient (Wildman–Crippen LogP) is 2.69. The van der Waals surface area contributed by atoms with Gasteiger partial charge in [-0.3, -0.25) is 4.79 Å². The maximum absolute atomic E-state index is 10.3. The van der Waals surface area contributed by atoms with Crippen molar-refractivity contribution in [3.05, 3.63) is 35.2 Å². The molecule has 1 aromatic carbocycles. The number of aryl methyl sites for hydroxylation is 1. The van der Waals surface area contributed by atoms with Gasteiger partial charge in [-0.2, -0.15) is 0 Å². The molecule has 0 spiro atoms. The minimum Gasteiger partial charge on any atom is -0.305 e. The molecule has 2 aromatic rings. The minimum absolute atomic E-state index is 0.640. The first-order chi connectivity index (χ1) is 7.31. The van der Waals surface area contributed by atoms with Gasteiger partial charge in [-0.1, -0.05) is 30.3 Å². The fourth-order valence-corrected chi connectivity index (χ4v) is 2.17. The van der Waals surface area contributed by atoms with Gasteiger partial charge in [0.2, 0.25) is 6.41 Å². The Morgan fingerprint density at radius 3 is 2.73 bits per heavy atom. The van der Waals surface area contributed by atoms with E-state index in [1.807, 2.05) is 37.3 Å². The van der Waals surface area contributed by atoms with E-state index in [9.17, 15) is 4.79 Å². The first kappa shape index (κ1) is 9.86. The number of hydrogen-bond acceptors (Lipinski definition) is 3. The molecule has 0 atom stereocenters. The van der Waals surface area contributed by atoms with E-state index in [1.165, 1.54) is 11.3 Å². The van der Waals surface area contributed by atoms with Gasteiger partial charge in [0.25, 0.3) is 0 Å². The Morgan fingerprint density at radius 2 is 2.07 bits per heavy atom. The predicted molar refractivity (Wildman–Crippen MR) is 62.0 cm³/mol. The lowest BCUT2D eigenvalue weighted by Gasteiger charge is -1.96. The largest absolute Gasteiger partial charge is 0.305 e. The van der Waals surface area contributed by atoms with Crippen LogP contribution >= 0.6 is 11.3 Å². The Labute approximate surface area is 91.8 Å². The molecule has 0 fully saturated rings. The Bertz CT molecular complexity index is 465.